The molecule has 1 unspecified atom stereocenters. The first-order valence-electron chi connectivity index (χ1n) is 12.4. The van der Waals surface area contributed by atoms with Gasteiger partial charge in [0.1, 0.15) is 36.6 Å². The van der Waals surface area contributed by atoms with Crippen LogP contribution in [0.5, 0.6) is 0 Å². The minimum absolute atomic E-state index is 0.0423. The first kappa shape index (κ1) is 30.9. The van der Waals surface area contributed by atoms with Gasteiger partial charge >= 0.3 is 0 Å². The van der Waals surface area contributed by atoms with Crippen LogP contribution in [0.1, 0.15) is 19.3 Å². The molecular formula is C20H42N6O10S. The van der Waals surface area contributed by atoms with Gasteiger partial charge in [-0.1, -0.05) is 0 Å². The Labute approximate surface area is 215 Å². The van der Waals surface area contributed by atoms with Crippen molar-refractivity contribution in [1.29, 1.82) is 0 Å². The third-order valence-electron chi connectivity index (χ3n) is 7.02. The van der Waals surface area contributed by atoms with Crippen molar-refractivity contribution < 1.29 is 47.8 Å². The zero-order chi connectivity index (χ0) is 27.5. The Morgan fingerprint density at radius 2 is 1.57 bits per heavy atom. The van der Waals surface area contributed by atoms with Crippen molar-refractivity contribution in [2.45, 2.75) is 98.7 Å². The molecule has 37 heavy (non-hydrogen) atoms. The molecule has 0 amide bonds. The Balaban J connectivity index is 1.84. The molecule has 13 atom stereocenters. The fraction of sp³-hybridized carbons (Fsp3) is 1.00. The van der Waals surface area contributed by atoms with Gasteiger partial charge in [-0.3, -0.25) is 0 Å². The summed E-state index contributed by atoms with van der Waals surface area (Å²) in [6, 6.07) is -3.72. The monoisotopic (exact) mass is 558 g/mol. The SMILES string of the molecule is NCCS(=O)(=O)N[C@@H]1C[C@H](N)C(O[C@H]2O[C@H](CN)CC[C@H]2N)[C@H](O)[C@H]1O[C@H]1O[C@H](CO)[C@@H](O)[C@H](N)[C@H]1O. The summed E-state index contributed by atoms with van der Waals surface area (Å²) >= 11 is 0. The maximum Gasteiger partial charge on any atom is 0.213 e. The number of aliphatic hydroxyl groups is 4. The molecule has 0 aromatic heterocycles. The number of hydrogen-bond acceptors (Lipinski definition) is 15. The Morgan fingerprint density at radius 3 is 2.19 bits per heavy atom. The highest BCUT2D eigenvalue weighted by Gasteiger charge is 2.51. The zero-order valence-electron chi connectivity index (χ0n) is 20.5. The normalized spacial score (nSPS) is 45.6. The van der Waals surface area contributed by atoms with E-state index >= 15 is 0 Å². The summed E-state index contributed by atoms with van der Waals surface area (Å²) < 4.78 is 50.6. The highest BCUT2D eigenvalue weighted by atomic mass is 32.2. The van der Waals surface area contributed by atoms with Crippen LogP contribution in [0.15, 0.2) is 0 Å². The van der Waals surface area contributed by atoms with Crippen molar-refractivity contribution in [2.75, 3.05) is 25.4 Å². The van der Waals surface area contributed by atoms with Crippen LogP contribution in [0, 0.1) is 0 Å². The summed E-state index contributed by atoms with van der Waals surface area (Å²) in [6.07, 6.45) is -9.74. The first-order valence-corrected chi connectivity index (χ1v) is 14.0. The van der Waals surface area contributed by atoms with Crippen LogP contribution in [0.3, 0.4) is 0 Å². The molecule has 16 nitrogen and oxygen atoms in total. The molecule has 0 aromatic rings. The van der Waals surface area contributed by atoms with Gasteiger partial charge in [0.2, 0.25) is 10.0 Å². The standard InChI is InChI=1S/C20H42N6O10S/c21-3-4-37(31,32)26-11-5-10(24)17(35-19-9(23)2-1-8(6-22)33-19)16(30)18(11)36-20-15(29)13(25)14(28)12(7-27)34-20/h8-20,26-30H,1-7,21-25H2/t8-,9+,10-,11+,12+,13-,14+,15+,16-,17?,18-,19+,20+/m0/s1. The summed E-state index contributed by atoms with van der Waals surface area (Å²) in [4.78, 5) is 0. The largest absolute Gasteiger partial charge is 0.394 e. The molecule has 0 radical (unpaired) electrons. The van der Waals surface area contributed by atoms with Crippen LogP contribution in [0.2, 0.25) is 0 Å². The smallest absolute Gasteiger partial charge is 0.213 e. The number of sulfonamides is 1. The molecule has 0 aromatic carbocycles. The van der Waals surface area contributed by atoms with Crippen LogP contribution in [-0.2, 0) is 29.0 Å². The number of nitrogens with one attached hydrogen (secondary N) is 1. The summed E-state index contributed by atoms with van der Waals surface area (Å²) in [7, 11) is -3.89. The fourth-order valence-corrected chi connectivity index (χ4v) is 5.99. The van der Waals surface area contributed by atoms with E-state index in [0.29, 0.717) is 12.8 Å². The highest BCUT2D eigenvalue weighted by molar-refractivity contribution is 7.89. The van der Waals surface area contributed by atoms with Crippen LogP contribution in [0.25, 0.3) is 0 Å². The van der Waals surface area contributed by atoms with E-state index in [1.54, 1.807) is 0 Å². The lowest BCUT2D eigenvalue weighted by Crippen LogP contribution is -2.68. The topological polar surface area (TPSA) is 294 Å². The zero-order valence-corrected chi connectivity index (χ0v) is 21.3. The van der Waals surface area contributed by atoms with E-state index in [1.165, 1.54) is 0 Å². The van der Waals surface area contributed by atoms with Gasteiger partial charge in [-0.2, -0.15) is 0 Å². The van der Waals surface area contributed by atoms with Gasteiger partial charge in [-0.15, -0.1) is 0 Å². The third kappa shape index (κ3) is 7.33. The van der Waals surface area contributed by atoms with Gasteiger partial charge in [0, 0.05) is 19.1 Å². The Morgan fingerprint density at radius 1 is 0.892 bits per heavy atom. The molecule has 2 heterocycles. The Kier molecular flexibility index (Phi) is 11.0. The summed E-state index contributed by atoms with van der Waals surface area (Å²) in [5.41, 5.74) is 29.4. The number of hydrogen-bond donors (Lipinski definition) is 10. The molecule has 3 rings (SSSR count). The van der Waals surface area contributed by atoms with Crippen molar-refractivity contribution in [3.05, 3.63) is 0 Å². The van der Waals surface area contributed by atoms with E-state index in [-0.39, 0.29) is 31.4 Å². The van der Waals surface area contributed by atoms with E-state index < -0.39 is 90.0 Å². The molecule has 1 saturated carbocycles. The van der Waals surface area contributed by atoms with E-state index in [9.17, 15) is 28.8 Å². The minimum Gasteiger partial charge on any atom is -0.394 e. The van der Waals surface area contributed by atoms with Gasteiger partial charge in [0.15, 0.2) is 12.6 Å². The molecule has 2 saturated heterocycles. The van der Waals surface area contributed by atoms with Crippen molar-refractivity contribution in [3.8, 4) is 0 Å². The first-order chi connectivity index (χ1) is 17.4. The maximum atomic E-state index is 12.5. The van der Waals surface area contributed by atoms with Gasteiger partial charge in [-0.05, 0) is 19.3 Å². The summed E-state index contributed by atoms with van der Waals surface area (Å²) in [5, 5.41) is 41.5. The molecule has 0 bridgehead atoms. The van der Waals surface area contributed by atoms with Gasteiger partial charge in [0.25, 0.3) is 0 Å². The molecule has 2 aliphatic heterocycles. The average Bonchev–Trinajstić information content (AvgIpc) is 2.84. The number of aliphatic hydroxyl groups excluding tert-OH is 4. The lowest BCUT2D eigenvalue weighted by atomic mass is 9.84. The highest BCUT2D eigenvalue weighted by Crippen LogP contribution is 2.31. The van der Waals surface area contributed by atoms with Crippen molar-refractivity contribution in [1.82, 2.24) is 4.72 Å². The molecule has 0 spiro atoms. The maximum absolute atomic E-state index is 12.5. The van der Waals surface area contributed by atoms with Crippen LogP contribution < -0.4 is 33.4 Å². The van der Waals surface area contributed by atoms with E-state index in [0.717, 1.165) is 0 Å². The van der Waals surface area contributed by atoms with E-state index in [1.807, 2.05) is 0 Å². The second-order valence-corrected chi connectivity index (χ2v) is 11.7. The molecule has 3 aliphatic rings. The quantitative estimate of drug-likeness (QED) is 0.119. The molecule has 17 heteroatoms. The molecular weight excluding hydrogens is 516 g/mol. The molecule has 218 valence electrons. The summed E-state index contributed by atoms with van der Waals surface area (Å²) in [5.74, 6) is -0.390. The Bertz CT molecular complexity index is 827. The van der Waals surface area contributed by atoms with E-state index in [4.69, 9.17) is 47.6 Å². The van der Waals surface area contributed by atoms with Gasteiger partial charge < -0.3 is 68.0 Å². The molecule has 3 fully saturated rings. The predicted molar refractivity (Wildman–Crippen MR) is 129 cm³/mol. The minimum atomic E-state index is -3.89. The Hall–Kier alpha value is -0.610. The lowest BCUT2D eigenvalue weighted by molar-refractivity contribution is -0.313. The number of ether oxygens (including phenoxy) is 4. The lowest BCUT2D eigenvalue weighted by Gasteiger charge is -2.48. The predicted octanol–water partition coefficient (Wildman–Crippen LogP) is -6.35. The van der Waals surface area contributed by atoms with Crippen molar-refractivity contribution in [2.24, 2.45) is 28.7 Å². The van der Waals surface area contributed by atoms with Crippen LogP contribution >= 0.6 is 0 Å². The van der Waals surface area contributed by atoms with Crippen LogP contribution in [0.4, 0.5) is 0 Å². The van der Waals surface area contributed by atoms with Crippen molar-refractivity contribution >= 4 is 10.0 Å². The van der Waals surface area contributed by atoms with Crippen LogP contribution in [-0.4, -0.2) is 134 Å². The third-order valence-corrected chi connectivity index (χ3v) is 8.45. The second-order valence-electron chi connectivity index (χ2n) is 9.81. The molecule has 15 N–H and O–H groups in total. The number of nitrogens with two attached hydrogens (primary N) is 5. The second kappa shape index (κ2) is 13.2. The van der Waals surface area contributed by atoms with Gasteiger partial charge in [0.05, 0.1) is 36.6 Å². The summed E-state index contributed by atoms with van der Waals surface area (Å²) in [6.45, 7) is -0.531. The fourth-order valence-electron chi connectivity index (χ4n) is 4.87. The van der Waals surface area contributed by atoms with E-state index in [2.05, 4.69) is 4.72 Å². The van der Waals surface area contributed by atoms with Gasteiger partial charge in [-0.25, -0.2) is 13.1 Å². The van der Waals surface area contributed by atoms with Crippen molar-refractivity contribution in [3.63, 3.8) is 0 Å². The number of rotatable bonds is 10. The molecule has 1 aliphatic carbocycles. The average molecular weight is 559 g/mol.